The topological polar surface area (TPSA) is 97.0 Å². The lowest BCUT2D eigenvalue weighted by Crippen LogP contribution is -2.56. The molecule has 0 aromatic heterocycles. The largest absolute Gasteiger partial charge is 0.494 e. The fourth-order valence-electron chi connectivity index (χ4n) is 6.88. The maximum Gasteiger partial charge on any atom is 0.246 e. The third kappa shape index (κ3) is 4.68. The first-order chi connectivity index (χ1) is 19.4. The zero-order valence-corrected chi connectivity index (χ0v) is 23.1. The molecular weight excluding hydrogens is 506 g/mol. The number of anilines is 1. The number of aryl methyl sites for hydroxylation is 1. The van der Waals surface area contributed by atoms with E-state index in [0.717, 1.165) is 42.6 Å². The van der Waals surface area contributed by atoms with Crippen molar-refractivity contribution in [1.82, 2.24) is 10.2 Å². The van der Waals surface area contributed by atoms with E-state index in [1.165, 1.54) is 6.42 Å². The zero-order chi connectivity index (χ0) is 27.9. The van der Waals surface area contributed by atoms with Gasteiger partial charge in [-0.3, -0.25) is 14.4 Å². The Hall–Kier alpha value is -3.65. The summed E-state index contributed by atoms with van der Waals surface area (Å²) in [5.74, 6) is -1.51. The van der Waals surface area contributed by atoms with Crippen LogP contribution in [0, 0.1) is 18.8 Å². The minimum absolute atomic E-state index is 0.0920. The smallest absolute Gasteiger partial charge is 0.246 e. The lowest BCUT2D eigenvalue weighted by atomic mass is 9.74. The van der Waals surface area contributed by atoms with Gasteiger partial charge >= 0.3 is 0 Å². The van der Waals surface area contributed by atoms with Gasteiger partial charge in [0.05, 0.1) is 24.5 Å². The van der Waals surface area contributed by atoms with Crippen LogP contribution in [0.25, 0.3) is 0 Å². The molecule has 6 rings (SSSR count). The molecule has 0 unspecified atom stereocenters. The number of nitrogens with one attached hydrogen (secondary N) is 2. The van der Waals surface area contributed by atoms with Crippen LogP contribution in [0.2, 0.25) is 0 Å². The van der Waals surface area contributed by atoms with Crippen LogP contribution in [0.5, 0.6) is 5.75 Å². The first-order valence-electron chi connectivity index (χ1n) is 14.5. The number of fused-ring (bicyclic) bond motifs is 1. The molecule has 1 saturated carbocycles. The zero-order valence-electron chi connectivity index (χ0n) is 23.1. The lowest BCUT2D eigenvalue weighted by molar-refractivity contribution is -0.142. The molecule has 3 heterocycles. The minimum Gasteiger partial charge on any atom is -0.494 e. The molecule has 3 aliphatic heterocycles. The SMILES string of the molecule is CCOc1ccc(NC(=O)[C@@H]2[C@@H]3C=C[C@]4(O3)[C@@H]2C(=O)N(Cc2ccc(C)cc2)[C@H]4C(=O)NC2CCCCC2)cc1. The molecule has 0 radical (unpaired) electrons. The van der Waals surface area contributed by atoms with Crippen LogP contribution in [0.1, 0.15) is 50.2 Å². The number of carbonyl (C=O) groups excluding carboxylic acids is 3. The Morgan fingerprint density at radius 3 is 2.45 bits per heavy atom. The molecule has 40 heavy (non-hydrogen) atoms. The monoisotopic (exact) mass is 543 g/mol. The molecule has 2 saturated heterocycles. The van der Waals surface area contributed by atoms with Crippen molar-refractivity contribution in [1.29, 1.82) is 0 Å². The summed E-state index contributed by atoms with van der Waals surface area (Å²) >= 11 is 0. The van der Waals surface area contributed by atoms with Gasteiger partial charge in [0.1, 0.15) is 17.4 Å². The third-order valence-corrected chi connectivity index (χ3v) is 8.78. The summed E-state index contributed by atoms with van der Waals surface area (Å²) in [7, 11) is 0. The van der Waals surface area contributed by atoms with Crippen molar-refractivity contribution >= 4 is 23.4 Å². The number of ether oxygens (including phenoxy) is 2. The fraction of sp³-hybridized carbons (Fsp3) is 0.469. The van der Waals surface area contributed by atoms with Gasteiger partial charge in [0.25, 0.3) is 0 Å². The highest BCUT2D eigenvalue weighted by molar-refractivity contribution is 6.02. The number of rotatable bonds is 8. The van der Waals surface area contributed by atoms with E-state index in [-0.39, 0.29) is 30.3 Å². The number of likely N-dealkylation sites (tertiary alicyclic amines) is 1. The minimum atomic E-state index is -1.17. The van der Waals surface area contributed by atoms with Crippen molar-refractivity contribution in [2.75, 3.05) is 11.9 Å². The Balaban J connectivity index is 1.29. The molecule has 3 amide bonds. The fourth-order valence-corrected chi connectivity index (χ4v) is 6.88. The summed E-state index contributed by atoms with van der Waals surface area (Å²) < 4.78 is 12.0. The highest BCUT2D eigenvalue weighted by atomic mass is 16.5. The Bertz CT molecular complexity index is 1300. The van der Waals surface area contributed by atoms with Crippen molar-refractivity contribution < 1.29 is 23.9 Å². The molecule has 2 N–H and O–H groups in total. The molecule has 2 bridgehead atoms. The normalized spacial score (nSPS) is 28.9. The Morgan fingerprint density at radius 1 is 1.02 bits per heavy atom. The Labute approximate surface area is 235 Å². The number of hydrogen-bond donors (Lipinski definition) is 2. The van der Waals surface area contributed by atoms with Crippen molar-refractivity contribution in [3.05, 3.63) is 71.8 Å². The number of amides is 3. The van der Waals surface area contributed by atoms with Crippen molar-refractivity contribution in [2.45, 2.75) is 76.3 Å². The van der Waals surface area contributed by atoms with E-state index in [1.807, 2.05) is 50.3 Å². The van der Waals surface area contributed by atoms with E-state index in [2.05, 4.69) is 10.6 Å². The first-order valence-corrected chi connectivity index (χ1v) is 14.5. The molecule has 4 aliphatic rings. The molecule has 8 heteroatoms. The van der Waals surface area contributed by atoms with E-state index in [0.29, 0.717) is 12.3 Å². The van der Waals surface area contributed by atoms with E-state index in [4.69, 9.17) is 9.47 Å². The van der Waals surface area contributed by atoms with E-state index < -0.39 is 29.6 Å². The lowest BCUT2D eigenvalue weighted by Gasteiger charge is -2.34. The van der Waals surface area contributed by atoms with Gasteiger partial charge in [0.2, 0.25) is 17.7 Å². The van der Waals surface area contributed by atoms with Crippen LogP contribution in [-0.4, -0.2) is 53.0 Å². The van der Waals surface area contributed by atoms with Crippen LogP contribution < -0.4 is 15.4 Å². The van der Waals surface area contributed by atoms with Gasteiger partial charge in [-0.1, -0.05) is 61.2 Å². The second-order valence-electron chi connectivity index (χ2n) is 11.4. The second-order valence-corrected chi connectivity index (χ2v) is 11.4. The number of nitrogens with zero attached hydrogens (tertiary/aromatic N) is 1. The molecule has 2 aromatic rings. The van der Waals surface area contributed by atoms with Gasteiger partial charge in [-0.2, -0.15) is 0 Å². The highest BCUT2D eigenvalue weighted by Crippen LogP contribution is 2.55. The summed E-state index contributed by atoms with van der Waals surface area (Å²) in [6.45, 7) is 4.76. The van der Waals surface area contributed by atoms with Crippen LogP contribution in [0.3, 0.4) is 0 Å². The van der Waals surface area contributed by atoms with E-state index in [1.54, 1.807) is 29.2 Å². The molecule has 8 nitrogen and oxygen atoms in total. The third-order valence-electron chi connectivity index (χ3n) is 8.78. The summed E-state index contributed by atoms with van der Waals surface area (Å²) in [5, 5.41) is 6.21. The maximum absolute atomic E-state index is 14.2. The average Bonchev–Trinajstić information content (AvgIpc) is 3.59. The molecular formula is C32H37N3O5. The number of carbonyl (C=O) groups is 3. The quantitative estimate of drug-likeness (QED) is 0.488. The second kappa shape index (κ2) is 10.7. The van der Waals surface area contributed by atoms with E-state index in [9.17, 15) is 14.4 Å². The van der Waals surface area contributed by atoms with Gasteiger partial charge < -0.3 is 25.0 Å². The van der Waals surface area contributed by atoms with Gasteiger partial charge in [-0.15, -0.1) is 0 Å². The van der Waals surface area contributed by atoms with Crippen molar-refractivity contribution in [3.63, 3.8) is 0 Å². The van der Waals surface area contributed by atoms with Gasteiger partial charge in [-0.05, 0) is 56.5 Å². The summed E-state index contributed by atoms with van der Waals surface area (Å²) in [6.07, 6.45) is 8.37. The molecule has 210 valence electrons. The van der Waals surface area contributed by atoms with E-state index >= 15 is 0 Å². The van der Waals surface area contributed by atoms with Crippen molar-refractivity contribution in [3.8, 4) is 5.75 Å². The average molecular weight is 544 g/mol. The van der Waals surface area contributed by atoms with Gasteiger partial charge in [0, 0.05) is 18.3 Å². The predicted molar refractivity (Wildman–Crippen MR) is 150 cm³/mol. The highest BCUT2D eigenvalue weighted by Gasteiger charge is 2.72. The summed E-state index contributed by atoms with van der Waals surface area (Å²) in [5.41, 5.74) is 1.49. The van der Waals surface area contributed by atoms with Crippen molar-refractivity contribution in [2.24, 2.45) is 11.8 Å². The number of benzene rings is 2. The summed E-state index contributed by atoms with van der Waals surface area (Å²) in [4.78, 5) is 43.4. The molecule has 1 aliphatic carbocycles. The molecule has 3 fully saturated rings. The van der Waals surface area contributed by atoms with Crippen LogP contribution in [0.4, 0.5) is 5.69 Å². The maximum atomic E-state index is 14.2. The van der Waals surface area contributed by atoms with Crippen LogP contribution >= 0.6 is 0 Å². The number of hydrogen-bond acceptors (Lipinski definition) is 5. The molecule has 5 atom stereocenters. The van der Waals surface area contributed by atoms with Gasteiger partial charge in [0.15, 0.2) is 0 Å². The standard InChI is InChI=1S/C32H37N3O5/c1-3-39-24-15-13-23(14-16-24)33-29(36)26-25-17-18-32(40-25)27(26)31(38)35(19-21-11-9-20(2)10-12-21)28(32)30(37)34-22-7-5-4-6-8-22/h9-18,22,25-28H,3-8,19H2,1-2H3,(H,33,36)(H,34,37)/t25-,26+,27-,28-,32-/m0/s1. The first kappa shape index (κ1) is 26.6. The van der Waals surface area contributed by atoms with Gasteiger partial charge in [-0.25, -0.2) is 0 Å². The Morgan fingerprint density at radius 2 is 1.75 bits per heavy atom. The predicted octanol–water partition coefficient (Wildman–Crippen LogP) is 4.13. The van der Waals surface area contributed by atoms with Crippen LogP contribution in [-0.2, 0) is 25.7 Å². The van der Waals surface area contributed by atoms with Crippen LogP contribution in [0.15, 0.2) is 60.7 Å². The Kier molecular flexibility index (Phi) is 7.13. The molecule has 2 aromatic carbocycles. The molecule has 1 spiro atoms. The summed E-state index contributed by atoms with van der Waals surface area (Å²) in [6, 6.07) is 14.4.